The lowest BCUT2D eigenvalue weighted by atomic mass is 10.1. The van der Waals surface area contributed by atoms with Gasteiger partial charge < -0.3 is 9.67 Å². The van der Waals surface area contributed by atoms with Crippen molar-refractivity contribution in [2.24, 2.45) is 0 Å². The SMILES string of the molecule is CCCC(CC)n1c(C(C)C)cnc1SCC(=O)O. The normalized spacial score (nSPS) is 12.9. The van der Waals surface area contributed by atoms with Crippen molar-refractivity contribution in [3.05, 3.63) is 11.9 Å². The molecule has 0 saturated carbocycles. The van der Waals surface area contributed by atoms with E-state index in [1.807, 2.05) is 6.20 Å². The number of thioether (sulfide) groups is 1. The van der Waals surface area contributed by atoms with Crippen LogP contribution in [0.2, 0.25) is 0 Å². The maximum absolute atomic E-state index is 10.7. The van der Waals surface area contributed by atoms with Crippen molar-refractivity contribution in [3.63, 3.8) is 0 Å². The van der Waals surface area contributed by atoms with Crippen LogP contribution in [-0.2, 0) is 4.79 Å². The first kappa shape index (κ1) is 16.1. The van der Waals surface area contributed by atoms with E-state index in [0.29, 0.717) is 12.0 Å². The van der Waals surface area contributed by atoms with Gasteiger partial charge in [-0.1, -0.05) is 45.9 Å². The molecular formula is C14H24N2O2S. The van der Waals surface area contributed by atoms with E-state index in [1.54, 1.807) is 0 Å². The van der Waals surface area contributed by atoms with Gasteiger partial charge in [0, 0.05) is 17.9 Å². The van der Waals surface area contributed by atoms with Crippen LogP contribution in [0.1, 0.15) is 64.6 Å². The molecule has 0 aliphatic carbocycles. The van der Waals surface area contributed by atoms with Gasteiger partial charge in [-0.05, 0) is 18.8 Å². The summed E-state index contributed by atoms with van der Waals surface area (Å²) in [7, 11) is 0. The lowest BCUT2D eigenvalue weighted by Crippen LogP contribution is -2.14. The molecule has 0 aliphatic rings. The predicted octanol–water partition coefficient (Wildman–Crippen LogP) is 3.93. The molecule has 0 bridgehead atoms. The van der Waals surface area contributed by atoms with Crippen LogP contribution in [0.15, 0.2) is 11.4 Å². The van der Waals surface area contributed by atoms with Gasteiger partial charge in [0.2, 0.25) is 0 Å². The van der Waals surface area contributed by atoms with Crippen molar-refractivity contribution in [2.75, 3.05) is 5.75 Å². The van der Waals surface area contributed by atoms with Crippen LogP contribution in [0.5, 0.6) is 0 Å². The number of imidazole rings is 1. The summed E-state index contributed by atoms with van der Waals surface area (Å²) in [4.78, 5) is 15.2. The van der Waals surface area contributed by atoms with Gasteiger partial charge in [0.1, 0.15) is 0 Å². The number of hydrogen-bond acceptors (Lipinski definition) is 3. The van der Waals surface area contributed by atoms with Crippen LogP contribution < -0.4 is 0 Å². The summed E-state index contributed by atoms with van der Waals surface area (Å²) in [5.41, 5.74) is 1.20. The Morgan fingerprint density at radius 1 is 1.47 bits per heavy atom. The molecule has 0 aromatic carbocycles. The highest BCUT2D eigenvalue weighted by atomic mass is 32.2. The number of carbonyl (C=O) groups is 1. The van der Waals surface area contributed by atoms with E-state index in [0.717, 1.165) is 24.4 Å². The van der Waals surface area contributed by atoms with Crippen molar-refractivity contribution < 1.29 is 9.90 Å². The van der Waals surface area contributed by atoms with Crippen LogP contribution in [0.3, 0.4) is 0 Å². The molecule has 1 rings (SSSR count). The topological polar surface area (TPSA) is 55.1 Å². The molecule has 1 N–H and O–H groups in total. The second-order valence-corrected chi connectivity index (χ2v) is 5.97. The van der Waals surface area contributed by atoms with Gasteiger partial charge in [0.25, 0.3) is 0 Å². The molecule has 0 aliphatic heterocycles. The lowest BCUT2D eigenvalue weighted by molar-refractivity contribution is -0.133. The summed E-state index contributed by atoms with van der Waals surface area (Å²) >= 11 is 1.32. The van der Waals surface area contributed by atoms with Crippen LogP contribution in [0, 0.1) is 0 Å². The molecule has 0 saturated heterocycles. The molecule has 5 heteroatoms. The van der Waals surface area contributed by atoms with Gasteiger partial charge in [0.15, 0.2) is 5.16 Å². The van der Waals surface area contributed by atoms with Crippen LogP contribution >= 0.6 is 11.8 Å². The molecular weight excluding hydrogens is 260 g/mol. The summed E-state index contributed by atoms with van der Waals surface area (Å²) in [6, 6.07) is 0.418. The van der Waals surface area contributed by atoms with Crippen molar-refractivity contribution in [1.82, 2.24) is 9.55 Å². The molecule has 1 heterocycles. The molecule has 19 heavy (non-hydrogen) atoms. The van der Waals surface area contributed by atoms with Crippen LogP contribution in [0.4, 0.5) is 0 Å². The Bertz CT molecular complexity index is 416. The summed E-state index contributed by atoms with van der Waals surface area (Å²) < 4.78 is 2.25. The third-order valence-electron chi connectivity index (χ3n) is 3.17. The van der Waals surface area contributed by atoms with E-state index in [-0.39, 0.29) is 5.75 Å². The smallest absolute Gasteiger partial charge is 0.313 e. The third kappa shape index (κ3) is 4.27. The number of rotatable bonds is 8. The number of hydrogen-bond donors (Lipinski definition) is 1. The maximum Gasteiger partial charge on any atom is 0.313 e. The fourth-order valence-corrected chi connectivity index (χ4v) is 3.01. The number of carboxylic acids is 1. The van der Waals surface area contributed by atoms with Crippen molar-refractivity contribution in [3.8, 4) is 0 Å². The first-order valence-corrected chi connectivity index (χ1v) is 7.91. The zero-order valence-electron chi connectivity index (χ0n) is 12.2. The Morgan fingerprint density at radius 3 is 2.63 bits per heavy atom. The number of aromatic nitrogens is 2. The molecule has 0 radical (unpaired) electrons. The van der Waals surface area contributed by atoms with Crippen molar-refractivity contribution >= 4 is 17.7 Å². The summed E-state index contributed by atoms with van der Waals surface area (Å²) in [6.07, 6.45) is 5.17. The molecule has 0 fully saturated rings. The predicted molar refractivity (Wildman–Crippen MR) is 78.9 cm³/mol. The highest BCUT2D eigenvalue weighted by Gasteiger charge is 2.19. The second kappa shape index (κ2) is 7.58. The van der Waals surface area contributed by atoms with Crippen molar-refractivity contribution in [1.29, 1.82) is 0 Å². The minimum absolute atomic E-state index is 0.0666. The summed E-state index contributed by atoms with van der Waals surface area (Å²) in [5.74, 6) is -0.330. The van der Waals surface area contributed by atoms with E-state index in [4.69, 9.17) is 5.11 Å². The van der Waals surface area contributed by atoms with Crippen LogP contribution in [-0.4, -0.2) is 26.4 Å². The highest BCUT2D eigenvalue weighted by Crippen LogP contribution is 2.30. The van der Waals surface area contributed by atoms with Gasteiger partial charge in [-0.2, -0.15) is 0 Å². The molecule has 4 nitrogen and oxygen atoms in total. The monoisotopic (exact) mass is 284 g/mol. The van der Waals surface area contributed by atoms with E-state index in [1.165, 1.54) is 17.5 Å². The van der Waals surface area contributed by atoms with Gasteiger partial charge in [-0.15, -0.1) is 0 Å². The Morgan fingerprint density at radius 2 is 2.16 bits per heavy atom. The third-order valence-corrected chi connectivity index (χ3v) is 4.12. The number of nitrogens with zero attached hydrogens (tertiary/aromatic N) is 2. The quantitative estimate of drug-likeness (QED) is 0.735. The molecule has 1 aromatic rings. The van der Waals surface area contributed by atoms with Crippen LogP contribution in [0.25, 0.3) is 0 Å². The van der Waals surface area contributed by atoms with Gasteiger partial charge in [-0.25, -0.2) is 4.98 Å². The van der Waals surface area contributed by atoms with Gasteiger partial charge in [-0.3, -0.25) is 4.79 Å². The average Bonchev–Trinajstić information content (AvgIpc) is 2.77. The Kier molecular flexibility index (Phi) is 6.42. The highest BCUT2D eigenvalue weighted by molar-refractivity contribution is 7.99. The standard InChI is InChI=1S/C14H24N2O2S/c1-5-7-11(6-2)16-12(10(3)4)8-15-14(16)19-9-13(17)18/h8,10-11H,5-7,9H2,1-4H3,(H,17,18). The molecule has 0 amide bonds. The second-order valence-electron chi connectivity index (χ2n) is 5.02. The van der Waals surface area contributed by atoms with E-state index in [2.05, 4.69) is 37.2 Å². The molecule has 1 aromatic heterocycles. The zero-order chi connectivity index (χ0) is 14.4. The van der Waals surface area contributed by atoms with E-state index < -0.39 is 5.97 Å². The summed E-state index contributed by atoms with van der Waals surface area (Å²) in [5, 5.41) is 9.66. The van der Waals surface area contributed by atoms with Crippen molar-refractivity contribution in [2.45, 2.75) is 64.1 Å². The fourth-order valence-electron chi connectivity index (χ4n) is 2.23. The first-order chi connectivity index (χ1) is 9.01. The first-order valence-electron chi connectivity index (χ1n) is 6.92. The molecule has 0 spiro atoms. The fraction of sp³-hybridized carbons (Fsp3) is 0.714. The minimum atomic E-state index is -0.797. The Hall–Kier alpha value is -0.970. The number of aliphatic carboxylic acids is 1. The average molecular weight is 284 g/mol. The molecule has 1 unspecified atom stereocenters. The zero-order valence-corrected chi connectivity index (χ0v) is 13.0. The summed E-state index contributed by atoms with van der Waals surface area (Å²) in [6.45, 7) is 8.66. The molecule has 1 atom stereocenters. The van der Waals surface area contributed by atoms with Gasteiger partial charge >= 0.3 is 5.97 Å². The lowest BCUT2D eigenvalue weighted by Gasteiger charge is -2.22. The largest absolute Gasteiger partial charge is 0.481 e. The number of carboxylic acid groups (broad SMARTS) is 1. The van der Waals surface area contributed by atoms with Gasteiger partial charge in [0.05, 0.1) is 5.75 Å². The Balaban J connectivity index is 3.06. The Labute approximate surface area is 119 Å². The van der Waals surface area contributed by atoms with E-state index >= 15 is 0 Å². The van der Waals surface area contributed by atoms with E-state index in [9.17, 15) is 4.79 Å². The molecule has 108 valence electrons. The minimum Gasteiger partial charge on any atom is -0.481 e. The maximum atomic E-state index is 10.7.